The minimum atomic E-state index is -0.852. The quantitative estimate of drug-likeness (QED) is 0.752. The molecule has 0 radical (unpaired) electrons. The fourth-order valence-corrected chi connectivity index (χ4v) is 1.23. The number of benzene rings is 1. The zero-order chi connectivity index (χ0) is 10.7. The number of aryl methyl sites for hydroxylation is 1. The average Bonchev–Trinajstić information content (AvgIpc) is 2.18. The van der Waals surface area contributed by atoms with E-state index in [0.717, 1.165) is 6.07 Å². The van der Waals surface area contributed by atoms with E-state index in [1.165, 1.54) is 6.07 Å². The van der Waals surface area contributed by atoms with E-state index in [1.54, 1.807) is 6.92 Å². The van der Waals surface area contributed by atoms with Gasteiger partial charge in [-0.3, -0.25) is 4.79 Å². The number of rotatable bonds is 3. The molecule has 0 unspecified atom stereocenters. The lowest BCUT2D eigenvalue weighted by molar-refractivity contribution is 0.0993. The SMILES string of the molecule is CCc1ccc(F)c(C(=O)CN)c1F. The molecule has 4 heteroatoms. The van der Waals surface area contributed by atoms with Crippen LogP contribution in [0.25, 0.3) is 0 Å². The number of ketones is 1. The number of carbonyl (C=O) groups is 1. The van der Waals surface area contributed by atoms with Crippen molar-refractivity contribution >= 4 is 5.78 Å². The fraction of sp³-hybridized carbons (Fsp3) is 0.300. The van der Waals surface area contributed by atoms with Gasteiger partial charge in [-0.25, -0.2) is 8.78 Å². The molecule has 0 amide bonds. The number of nitrogens with two attached hydrogens (primary N) is 1. The van der Waals surface area contributed by atoms with E-state index < -0.39 is 23.0 Å². The molecule has 14 heavy (non-hydrogen) atoms. The summed E-state index contributed by atoms with van der Waals surface area (Å²) in [7, 11) is 0. The maximum Gasteiger partial charge on any atom is 0.182 e. The van der Waals surface area contributed by atoms with Crippen molar-refractivity contribution in [3.05, 3.63) is 34.9 Å². The van der Waals surface area contributed by atoms with Crippen molar-refractivity contribution < 1.29 is 13.6 Å². The van der Waals surface area contributed by atoms with E-state index in [-0.39, 0.29) is 6.54 Å². The summed E-state index contributed by atoms with van der Waals surface area (Å²) in [6, 6.07) is 2.42. The molecule has 0 aromatic heterocycles. The van der Waals surface area contributed by atoms with Crippen molar-refractivity contribution in [1.29, 1.82) is 0 Å². The maximum absolute atomic E-state index is 13.5. The molecule has 2 N–H and O–H groups in total. The molecule has 0 bridgehead atoms. The monoisotopic (exact) mass is 199 g/mol. The summed E-state index contributed by atoms with van der Waals surface area (Å²) in [5.41, 5.74) is 4.85. The van der Waals surface area contributed by atoms with Crippen molar-refractivity contribution in [3.63, 3.8) is 0 Å². The predicted octanol–water partition coefficient (Wildman–Crippen LogP) is 1.67. The van der Waals surface area contributed by atoms with Gasteiger partial charge >= 0.3 is 0 Å². The summed E-state index contributed by atoms with van der Waals surface area (Å²) < 4.78 is 26.5. The van der Waals surface area contributed by atoms with Crippen LogP contribution in [0.2, 0.25) is 0 Å². The van der Waals surface area contributed by atoms with Crippen LogP contribution in [0.4, 0.5) is 8.78 Å². The zero-order valence-electron chi connectivity index (χ0n) is 7.81. The highest BCUT2D eigenvalue weighted by Crippen LogP contribution is 2.17. The second-order valence-electron chi connectivity index (χ2n) is 2.88. The predicted molar refractivity (Wildman–Crippen MR) is 49.1 cm³/mol. The highest BCUT2D eigenvalue weighted by Gasteiger charge is 2.18. The largest absolute Gasteiger partial charge is 0.324 e. The van der Waals surface area contributed by atoms with Crippen molar-refractivity contribution in [2.45, 2.75) is 13.3 Å². The van der Waals surface area contributed by atoms with Gasteiger partial charge in [-0.2, -0.15) is 0 Å². The normalized spacial score (nSPS) is 10.3. The van der Waals surface area contributed by atoms with Crippen LogP contribution < -0.4 is 5.73 Å². The maximum atomic E-state index is 13.5. The lowest BCUT2D eigenvalue weighted by Gasteiger charge is -2.06. The number of hydrogen-bond acceptors (Lipinski definition) is 2. The Hall–Kier alpha value is -1.29. The standard InChI is InChI=1S/C10H11F2NO/c1-2-6-3-4-7(11)9(10(6)12)8(14)5-13/h3-4H,2,5,13H2,1H3. The van der Waals surface area contributed by atoms with Crippen LogP contribution in [0.5, 0.6) is 0 Å². The second kappa shape index (κ2) is 4.28. The Bertz CT molecular complexity index is 363. The molecule has 0 saturated heterocycles. The highest BCUT2D eigenvalue weighted by atomic mass is 19.1. The van der Waals surface area contributed by atoms with E-state index in [2.05, 4.69) is 0 Å². The fourth-order valence-electron chi connectivity index (χ4n) is 1.23. The topological polar surface area (TPSA) is 43.1 Å². The summed E-state index contributed by atoms with van der Waals surface area (Å²) >= 11 is 0. The molecule has 2 nitrogen and oxygen atoms in total. The Labute approximate surface area is 80.7 Å². The van der Waals surface area contributed by atoms with Gasteiger partial charge in [0.2, 0.25) is 0 Å². The Morgan fingerprint density at radius 3 is 2.57 bits per heavy atom. The van der Waals surface area contributed by atoms with Crippen LogP contribution in [0.3, 0.4) is 0 Å². The van der Waals surface area contributed by atoms with E-state index in [0.29, 0.717) is 12.0 Å². The summed E-state index contributed by atoms with van der Waals surface area (Å²) in [6.45, 7) is 1.34. The van der Waals surface area contributed by atoms with Crippen LogP contribution >= 0.6 is 0 Å². The molecule has 0 aliphatic carbocycles. The number of carbonyl (C=O) groups excluding carboxylic acids is 1. The van der Waals surface area contributed by atoms with E-state index in [4.69, 9.17) is 5.73 Å². The van der Waals surface area contributed by atoms with Crippen LogP contribution in [-0.4, -0.2) is 12.3 Å². The molecule has 0 fully saturated rings. The van der Waals surface area contributed by atoms with Crippen molar-refractivity contribution in [2.24, 2.45) is 5.73 Å². The van der Waals surface area contributed by atoms with Crippen molar-refractivity contribution in [3.8, 4) is 0 Å². The first-order valence-electron chi connectivity index (χ1n) is 4.32. The van der Waals surface area contributed by atoms with Gasteiger partial charge in [0.15, 0.2) is 5.78 Å². The van der Waals surface area contributed by atoms with E-state index in [9.17, 15) is 13.6 Å². The third-order valence-corrected chi connectivity index (χ3v) is 2.02. The van der Waals surface area contributed by atoms with Crippen LogP contribution in [-0.2, 0) is 6.42 Å². The van der Waals surface area contributed by atoms with Crippen LogP contribution in [0.15, 0.2) is 12.1 Å². The zero-order valence-corrected chi connectivity index (χ0v) is 7.81. The molecule has 0 aliphatic rings. The number of halogens is 2. The molecule has 1 aromatic carbocycles. The first-order chi connectivity index (χ1) is 6.61. The van der Waals surface area contributed by atoms with Gasteiger partial charge in [0.05, 0.1) is 12.1 Å². The second-order valence-corrected chi connectivity index (χ2v) is 2.88. The Morgan fingerprint density at radius 2 is 2.07 bits per heavy atom. The first-order valence-corrected chi connectivity index (χ1v) is 4.32. The highest BCUT2D eigenvalue weighted by molar-refractivity contribution is 5.98. The third kappa shape index (κ3) is 1.80. The molecular formula is C10H11F2NO. The summed E-state index contributed by atoms with van der Waals surface area (Å²) in [4.78, 5) is 11.1. The minimum absolute atomic E-state index is 0.322. The lowest BCUT2D eigenvalue weighted by atomic mass is 10.0. The minimum Gasteiger partial charge on any atom is -0.324 e. The van der Waals surface area contributed by atoms with Gasteiger partial charge in [-0.15, -0.1) is 0 Å². The molecule has 1 rings (SSSR count). The van der Waals surface area contributed by atoms with Gasteiger partial charge in [0.25, 0.3) is 0 Å². The Kier molecular flexibility index (Phi) is 3.30. The van der Waals surface area contributed by atoms with E-state index in [1.807, 2.05) is 0 Å². The van der Waals surface area contributed by atoms with Crippen LogP contribution in [0, 0.1) is 11.6 Å². The molecule has 76 valence electrons. The molecule has 0 heterocycles. The molecule has 0 spiro atoms. The van der Waals surface area contributed by atoms with Gasteiger partial charge in [-0.1, -0.05) is 13.0 Å². The summed E-state index contributed by atoms with van der Waals surface area (Å²) in [5.74, 6) is -2.35. The summed E-state index contributed by atoms with van der Waals surface area (Å²) in [6.07, 6.45) is 0.414. The number of Topliss-reactive ketones (excluding diaryl/α,β-unsaturated/α-hetero) is 1. The smallest absolute Gasteiger partial charge is 0.182 e. The van der Waals surface area contributed by atoms with Crippen LogP contribution in [0.1, 0.15) is 22.8 Å². The molecular weight excluding hydrogens is 188 g/mol. The Morgan fingerprint density at radius 1 is 1.43 bits per heavy atom. The van der Waals surface area contributed by atoms with Crippen molar-refractivity contribution in [2.75, 3.05) is 6.54 Å². The third-order valence-electron chi connectivity index (χ3n) is 2.02. The molecule has 0 aliphatic heterocycles. The first kappa shape index (κ1) is 10.8. The molecule has 0 atom stereocenters. The average molecular weight is 199 g/mol. The van der Waals surface area contributed by atoms with Crippen molar-refractivity contribution in [1.82, 2.24) is 0 Å². The number of hydrogen-bond donors (Lipinski definition) is 1. The Balaban J connectivity index is 3.32. The molecule has 1 aromatic rings. The summed E-state index contributed by atoms with van der Waals surface area (Å²) in [5, 5.41) is 0. The van der Waals surface area contributed by atoms with Gasteiger partial charge in [-0.05, 0) is 18.1 Å². The van der Waals surface area contributed by atoms with Gasteiger partial charge in [0, 0.05) is 0 Å². The molecule has 0 saturated carbocycles. The van der Waals surface area contributed by atoms with Gasteiger partial charge < -0.3 is 5.73 Å². The van der Waals surface area contributed by atoms with E-state index >= 15 is 0 Å². The lowest BCUT2D eigenvalue weighted by Crippen LogP contribution is -2.17. The van der Waals surface area contributed by atoms with Gasteiger partial charge in [0.1, 0.15) is 11.6 Å².